The fourth-order valence-corrected chi connectivity index (χ4v) is 2.47. The van der Waals surface area contributed by atoms with Crippen molar-refractivity contribution in [2.75, 3.05) is 32.5 Å². The van der Waals surface area contributed by atoms with Crippen LogP contribution in [0.3, 0.4) is 0 Å². The molecule has 0 rings (SSSR count). The van der Waals surface area contributed by atoms with Gasteiger partial charge in [-0.05, 0) is 13.8 Å². The van der Waals surface area contributed by atoms with Crippen molar-refractivity contribution in [3.8, 4) is 6.07 Å². The first-order valence-corrected chi connectivity index (χ1v) is 6.37. The number of nitrogens with one attached hydrogen (secondary N) is 1. The molecule has 0 aromatic heterocycles. The molecule has 0 bridgehead atoms. The molecule has 0 radical (unpaired) electrons. The third-order valence-electron chi connectivity index (χ3n) is 1.42. The van der Waals surface area contributed by atoms with Gasteiger partial charge in [-0.25, -0.2) is 0 Å². The summed E-state index contributed by atoms with van der Waals surface area (Å²) in [5.74, 6) is 0. The molecular formula is C8H17N2O3P. The van der Waals surface area contributed by atoms with E-state index in [1.165, 1.54) is 0 Å². The van der Waals surface area contributed by atoms with E-state index in [0.29, 0.717) is 25.9 Å². The predicted molar refractivity (Wildman–Crippen MR) is 54.2 cm³/mol. The van der Waals surface area contributed by atoms with E-state index in [-0.39, 0.29) is 6.54 Å². The van der Waals surface area contributed by atoms with Crippen LogP contribution in [0.25, 0.3) is 0 Å². The summed E-state index contributed by atoms with van der Waals surface area (Å²) in [5, 5.41) is 11.1. The first-order chi connectivity index (χ1) is 6.68. The molecule has 82 valence electrons. The highest BCUT2D eigenvalue weighted by atomic mass is 31.2. The zero-order valence-corrected chi connectivity index (χ0v) is 9.55. The standard InChI is InChI=1S/C8H17N2O3P/c1-3-12-14(11,13-4-2)8-7-10-6-5-9/h10H,3-4,6-8H2,1-2H3. The minimum absolute atomic E-state index is 0.248. The van der Waals surface area contributed by atoms with Crippen molar-refractivity contribution in [3.05, 3.63) is 0 Å². The lowest BCUT2D eigenvalue weighted by Gasteiger charge is -2.16. The Bertz CT molecular complexity index is 217. The minimum atomic E-state index is -2.93. The molecule has 6 heteroatoms. The van der Waals surface area contributed by atoms with E-state index in [4.69, 9.17) is 14.3 Å². The van der Waals surface area contributed by atoms with Gasteiger partial charge in [-0.2, -0.15) is 5.26 Å². The van der Waals surface area contributed by atoms with Crippen LogP contribution in [0.1, 0.15) is 13.8 Å². The molecule has 0 aliphatic rings. The number of rotatable bonds is 8. The summed E-state index contributed by atoms with van der Waals surface area (Å²) in [6.07, 6.45) is 0.302. The molecule has 0 atom stereocenters. The van der Waals surface area contributed by atoms with Gasteiger partial charge in [0.15, 0.2) is 0 Å². The Labute approximate surface area is 84.9 Å². The summed E-state index contributed by atoms with van der Waals surface area (Å²) in [6.45, 7) is 5.00. The number of nitrogens with zero attached hydrogens (tertiary/aromatic N) is 1. The van der Waals surface area contributed by atoms with Gasteiger partial charge in [0.05, 0.1) is 32.0 Å². The van der Waals surface area contributed by atoms with Crippen molar-refractivity contribution in [1.29, 1.82) is 5.26 Å². The minimum Gasteiger partial charge on any atom is -0.309 e. The highest BCUT2D eigenvalue weighted by Crippen LogP contribution is 2.47. The van der Waals surface area contributed by atoms with Crippen LogP contribution in [0.2, 0.25) is 0 Å². The lowest BCUT2D eigenvalue weighted by Crippen LogP contribution is -2.19. The molecule has 0 saturated heterocycles. The van der Waals surface area contributed by atoms with Crippen molar-refractivity contribution >= 4 is 7.60 Å². The van der Waals surface area contributed by atoms with Gasteiger partial charge < -0.3 is 14.4 Å². The van der Waals surface area contributed by atoms with Crippen LogP contribution in [0, 0.1) is 11.3 Å². The average molecular weight is 220 g/mol. The summed E-state index contributed by atoms with van der Waals surface area (Å²) in [7, 11) is -2.93. The Morgan fingerprint density at radius 1 is 1.36 bits per heavy atom. The second-order valence-electron chi connectivity index (χ2n) is 2.50. The second kappa shape index (κ2) is 7.95. The summed E-state index contributed by atoms with van der Waals surface area (Å²) < 4.78 is 21.9. The number of nitriles is 1. The van der Waals surface area contributed by atoms with E-state index in [1.54, 1.807) is 13.8 Å². The Morgan fingerprint density at radius 2 is 1.93 bits per heavy atom. The molecular weight excluding hydrogens is 203 g/mol. The van der Waals surface area contributed by atoms with Crippen molar-refractivity contribution in [2.24, 2.45) is 0 Å². The maximum absolute atomic E-state index is 11.8. The Morgan fingerprint density at radius 3 is 2.36 bits per heavy atom. The summed E-state index contributed by atoms with van der Waals surface area (Å²) in [6, 6.07) is 1.94. The molecule has 0 saturated carbocycles. The van der Waals surface area contributed by atoms with E-state index in [1.807, 2.05) is 6.07 Å². The highest BCUT2D eigenvalue weighted by Gasteiger charge is 2.22. The van der Waals surface area contributed by atoms with E-state index in [2.05, 4.69) is 5.32 Å². The molecule has 14 heavy (non-hydrogen) atoms. The average Bonchev–Trinajstić information content (AvgIpc) is 2.13. The van der Waals surface area contributed by atoms with Gasteiger partial charge in [0.2, 0.25) is 0 Å². The molecule has 0 aliphatic heterocycles. The lowest BCUT2D eigenvalue weighted by molar-refractivity contribution is 0.220. The van der Waals surface area contributed by atoms with Crippen LogP contribution in [0.4, 0.5) is 0 Å². The third-order valence-corrected chi connectivity index (χ3v) is 3.49. The van der Waals surface area contributed by atoms with E-state index in [0.717, 1.165) is 0 Å². The molecule has 0 amide bonds. The quantitative estimate of drug-likeness (QED) is 0.380. The summed E-state index contributed by atoms with van der Waals surface area (Å²) in [5.41, 5.74) is 0. The zero-order chi connectivity index (χ0) is 10.9. The van der Waals surface area contributed by atoms with Crippen LogP contribution in [-0.4, -0.2) is 32.5 Å². The fourth-order valence-electron chi connectivity index (χ4n) is 0.920. The normalized spacial score (nSPS) is 11.2. The maximum atomic E-state index is 11.8. The predicted octanol–water partition coefficient (Wildman–Crippen LogP) is 1.37. The molecule has 0 fully saturated rings. The number of hydrogen-bond donors (Lipinski definition) is 1. The van der Waals surface area contributed by atoms with Gasteiger partial charge in [-0.1, -0.05) is 0 Å². The molecule has 0 aromatic rings. The molecule has 0 aliphatic carbocycles. The van der Waals surface area contributed by atoms with Crippen molar-refractivity contribution < 1.29 is 13.6 Å². The Kier molecular flexibility index (Phi) is 7.73. The Balaban J connectivity index is 3.85. The second-order valence-corrected chi connectivity index (χ2v) is 4.69. The molecule has 1 N–H and O–H groups in total. The van der Waals surface area contributed by atoms with Crippen LogP contribution in [0.5, 0.6) is 0 Å². The van der Waals surface area contributed by atoms with E-state index in [9.17, 15) is 4.57 Å². The smallest absolute Gasteiger partial charge is 0.309 e. The van der Waals surface area contributed by atoms with Crippen LogP contribution in [0.15, 0.2) is 0 Å². The molecule has 0 spiro atoms. The number of hydrogen-bond acceptors (Lipinski definition) is 5. The largest absolute Gasteiger partial charge is 0.331 e. The molecule has 5 nitrogen and oxygen atoms in total. The van der Waals surface area contributed by atoms with E-state index < -0.39 is 7.60 Å². The van der Waals surface area contributed by atoms with Crippen molar-refractivity contribution in [3.63, 3.8) is 0 Å². The topological polar surface area (TPSA) is 71.3 Å². The molecule has 0 aromatic carbocycles. The van der Waals surface area contributed by atoms with Gasteiger partial charge in [0.25, 0.3) is 0 Å². The zero-order valence-electron chi connectivity index (χ0n) is 8.65. The van der Waals surface area contributed by atoms with Gasteiger partial charge in [-0.15, -0.1) is 0 Å². The molecule has 0 unspecified atom stereocenters. The van der Waals surface area contributed by atoms with Crippen LogP contribution >= 0.6 is 7.60 Å². The highest BCUT2D eigenvalue weighted by molar-refractivity contribution is 7.53. The monoisotopic (exact) mass is 220 g/mol. The summed E-state index contributed by atoms with van der Waals surface area (Å²) in [4.78, 5) is 0. The summed E-state index contributed by atoms with van der Waals surface area (Å²) >= 11 is 0. The lowest BCUT2D eigenvalue weighted by atomic mass is 10.6. The first kappa shape index (κ1) is 13.6. The Hall–Kier alpha value is -0.400. The fraction of sp³-hybridized carbons (Fsp3) is 0.875. The van der Waals surface area contributed by atoms with Crippen LogP contribution in [-0.2, 0) is 13.6 Å². The van der Waals surface area contributed by atoms with Crippen LogP contribution < -0.4 is 5.32 Å². The van der Waals surface area contributed by atoms with Gasteiger partial charge in [0, 0.05) is 6.54 Å². The maximum Gasteiger partial charge on any atom is 0.331 e. The van der Waals surface area contributed by atoms with E-state index >= 15 is 0 Å². The molecule has 0 heterocycles. The van der Waals surface area contributed by atoms with Gasteiger partial charge in [-0.3, -0.25) is 4.57 Å². The van der Waals surface area contributed by atoms with Crippen molar-refractivity contribution in [1.82, 2.24) is 5.32 Å². The van der Waals surface area contributed by atoms with Gasteiger partial charge >= 0.3 is 7.60 Å². The van der Waals surface area contributed by atoms with Crippen molar-refractivity contribution in [2.45, 2.75) is 13.8 Å². The van der Waals surface area contributed by atoms with Gasteiger partial charge in [0.1, 0.15) is 0 Å². The SMILES string of the molecule is CCOP(=O)(CCNCC#N)OCC. The third kappa shape index (κ3) is 6.11. The first-order valence-electron chi connectivity index (χ1n) is 4.64.